The van der Waals surface area contributed by atoms with Crippen LogP contribution >= 0.6 is 0 Å². The van der Waals surface area contributed by atoms with Crippen LogP contribution in [-0.2, 0) is 23.1 Å². The highest BCUT2D eigenvalue weighted by Gasteiger charge is 2.38. The molecule has 1 fully saturated rings. The number of carbonyl (C=O) groups excluding carboxylic acids is 1. The molecule has 1 aliphatic heterocycles. The number of likely N-dealkylation sites (N-methyl/N-ethyl adjacent to an activating group) is 1. The number of carbonyl (C=O) groups is 1. The number of nitrogens with one attached hydrogen (secondary N) is 1. The van der Waals surface area contributed by atoms with Gasteiger partial charge < -0.3 is 10.1 Å². The third kappa shape index (κ3) is 2.70. The first kappa shape index (κ1) is 13.0. The Hall–Kier alpha value is -1.40. The summed E-state index contributed by atoms with van der Waals surface area (Å²) in [6, 6.07) is 0. The highest BCUT2D eigenvalue weighted by molar-refractivity contribution is 5.84. The van der Waals surface area contributed by atoms with Crippen molar-refractivity contribution in [1.29, 1.82) is 0 Å². The summed E-state index contributed by atoms with van der Waals surface area (Å²) in [5.74, 6) is -0.0709. The Labute approximate surface area is 107 Å². The standard InChI is InChI=1S/C12H20N4O2/c1-12(11(17)13-2)9-16(4-5-18-12)8-10-6-14-15(3)7-10/h6-7H,4-5,8-9H2,1-3H3,(H,13,17)/t12-/m1/s1. The lowest BCUT2D eigenvalue weighted by molar-refractivity contribution is -0.156. The van der Waals surface area contributed by atoms with Gasteiger partial charge in [0.1, 0.15) is 0 Å². The van der Waals surface area contributed by atoms with Crippen molar-refractivity contribution in [3.05, 3.63) is 18.0 Å². The lowest BCUT2D eigenvalue weighted by Gasteiger charge is -2.38. The number of nitrogens with zero attached hydrogens (tertiary/aromatic N) is 3. The van der Waals surface area contributed by atoms with Crippen molar-refractivity contribution in [3.8, 4) is 0 Å². The lowest BCUT2D eigenvalue weighted by Crippen LogP contribution is -2.57. The van der Waals surface area contributed by atoms with E-state index in [4.69, 9.17) is 4.74 Å². The number of hydrogen-bond acceptors (Lipinski definition) is 4. The van der Waals surface area contributed by atoms with E-state index in [1.807, 2.05) is 26.4 Å². The van der Waals surface area contributed by atoms with Crippen LogP contribution in [-0.4, -0.2) is 52.9 Å². The van der Waals surface area contributed by atoms with Crippen LogP contribution in [0.3, 0.4) is 0 Å². The minimum atomic E-state index is -0.755. The number of hydrogen-bond donors (Lipinski definition) is 1. The summed E-state index contributed by atoms with van der Waals surface area (Å²) >= 11 is 0. The SMILES string of the molecule is CNC(=O)[C@@]1(C)CN(Cc2cnn(C)c2)CCO1. The molecule has 0 aromatic carbocycles. The van der Waals surface area contributed by atoms with Crippen LogP contribution in [0.5, 0.6) is 0 Å². The van der Waals surface area contributed by atoms with Crippen LogP contribution in [0.4, 0.5) is 0 Å². The number of amides is 1. The van der Waals surface area contributed by atoms with Crippen LogP contribution in [0.2, 0.25) is 0 Å². The predicted molar refractivity (Wildman–Crippen MR) is 66.9 cm³/mol. The Morgan fingerprint density at radius 2 is 2.44 bits per heavy atom. The van der Waals surface area contributed by atoms with E-state index in [2.05, 4.69) is 15.3 Å². The summed E-state index contributed by atoms with van der Waals surface area (Å²) in [5, 5.41) is 6.81. The molecule has 0 unspecified atom stereocenters. The predicted octanol–water partition coefficient (Wildman–Crippen LogP) is -0.243. The van der Waals surface area contributed by atoms with Gasteiger partial charge in [0.25, 0.3) is 5.91 Å². The van der Waals surface area contributed by atoms with Crippen molar-refractivity contribution in [2.75, 3.05) is 26.7 Å². The number of ether oxygens (including phenoxy) is 1. The molecule has 1 saturated heterocycles. The van der Waals surface area contributed by atoms with Gasteiger partial charge in [0.2, 0.25) is 0 Å². The Morgan fingerprint density at radius 1 is 1.67 bits per heavy atom. The molecule has 1 N–H and O–H groups in total. The Morgan fingerprint density at radius 3 is 3.06 bits per heavy atom. The second-order valence-electron chi connectivity index (χ2n) is 4.89. The van der Waals surface area contributed by atoms with Gasteiger partial charge in [-0.25, -0.2) is 0 Å². The van der Waals surface area contributed by atoms with Gasteiger partial charge >= 0.3 is 0 Å². The van der Waals surface area contributed by atoms with Gasteiger partial charge in [-0.3, -0.25) is 14.4 Å². The van der Waals surface area contributed by atoms with Crippen molar-refractivity contribution in [1.82, 2.24) is 20.0 Å². The van der Waals surface area contributed by atoms with Gasteiger partial charge in [-0.1, -0.05) is 0 Å². The van der Waals surface area contributed by atoms with Crippen molar-refractivity contribution >= 4 is 5.91 Å². The maximum Gasteiger partial charge on any atom is 0.253 e. The van der Waals surface area contributed by atoms with E-state index >= 15 is 0 Å². The molecule has 1 aromatic heterocycles. The summed E-state index contributed by atoms with van der Waals surface area (Å²) in [5.41, 5.74) is 0.397. The van der Waals surface area contributed by atoms with Crippen molar-refractivity contribution in [2.45, 2.75) is 19.1 Å². The molecular formula is C12H20N4O2. The molecule has 0 bridgehead atoms. The van der Waals surface area contributed by atoms with Crippen LogP contribution in [0.15, 0.2) is 12.4 Å². The molecule has 1 amide bonds. The first-order valence-corrected chi connectivity index (χ1v) is 6.09. The fraction of sp³-hybridized carbons (Fsp3) is 0.667. The summed E-state index contributed by atoms with van der Waals surface area (Å²) in [6.45, 7) is 4.64. The van der Waals surface area contributed by atoms with Crippen LogP contribution in [0.1, 0.15) is 12.5 Å². The minimum Gasteiger partial charge on any atom is -0.363 e. The van der Waals surface area contributed by atoms with Gasteiger partial charge in [-0.2, -0.15) is 5.10 Å². The molecule has 18 heavy (non-hydrogen) atoms. The normalized spacial score (nSPS) is 25.1. The molecule has 0 aliphatic carbocycles. The summed E-state index contributed by atoms with van der Waals surface area (Å²) in [6.07, 6.45) is 3.85. The number of rotatable bonds is 3. The molecule has 6 heteroatoms. The monoisotopic (exact) mass is 252 g/mol. The zero-order valence-corrected chi connectivity index (χ0v) is 11.1. The maximum atomic E-state index is 11.8. The second kappa shape index (κ2) is 5.07. The molecule has 6 nitrogen and oxygen atoms in total. The summed E-state index contributed by atoms with van der Waals surface area (Å²) in [7, 11) is 3.54. The molecule has 1 aliphatic rings. The Kier molecular flexibility index (Phi) is 3.68. The average molecular weight is 252 g/mol. The van der Waals surface area contributed by atoms with Gasteiger partial charge in [0, 0.05) is 45.5 Å². The average Bonchev–Trinajstić information content (AvgIpc) is 2.73. The highest BCUT2D eigenvalue weighted by Crippen LogP contribution is 2.19. The quantitative estimate of drug-likeness (QED) is 0.806. The largest absolute Gasteiger partial charge is 0.363 e. The third-order valence-electron chi connectivity index (χ3n) is 3.23. The molecule has 2 heterocycles. The van der Waals surface area contributed by atoms with E-state index in [9.17, 15) is 4.79 Å². The molecule has 0 radical (unpaired) electrons. The molecule has 100 valence electrons. The molecule has 0 spiro atoms. The second-order valence-corrected chi connectivity index (χ2v) is 4.89. The maximum absolute atomic E-state index is 11.8. The van der Waals surface area contributed by atoms with Crippen molar-refractivity contribution in [2.24, 2.45) is 7.05 Å². The topological polar surface area (TPSA) is 59.4 Å². The van der Waals surface area contributed by atoms with Crippen LogP contribution < -0.4 is 5.32 Å². The first-order valence-electron chi connectivity index (χ1n) is 6.09. The van der Waals surface area contributed by atoms with Crippen molar-refractivity contribution < 1.29 is 9.53 Å². The highest BCUT2D eigenvalue weighted by atomic mass is 16.5. The van der Waals surface area contributed by atoms with E-state index in [1.165, 1.54) is 0 Å². The minimum absolute atomic E-state index is 0.0709. The summed E-state index contributed by atoms with van der Waals surface area (Å²) in [4.78, 5) is 14.0. The zero-order valence-electron chi connectivity index (χ0n) is 11.1. The van der Waals surface area contributed by atoms with Gasteiger partial charge in [-0.05, 0) is 6.92 Å². The summed E-state index contributed by atoms with van der Waals surface area (Å²) < 4.78 is 7.40. The molecule has 1 atom stereocenters. The van der Waals surface area contributed by atoms with E-state index in [-0.39, 0.29) is 5.91 Å². The van der Waals surface area contributed by atoms with Gasteiger partial charge in [0.05, 0.1) is 12.8 Å². The van der Waals surface area contributed by atoms with E-state index in [1.54, 1.807) is 11.7 Å². The molecular weight excluding hydrogens is 232 g/mol. The first-order chi connectivity index (χ1) is 8.53. The number of aryl methyl sites for hydroxylation is 1. The molecule has 2 rings (SSSR count). The number of morpholine rings is 1. The van der Waals surface area contributed by atoms with Gasteiger partial charge in [0.15, 0.2) is 5.60 Å². The molecule has 1 aromatic rings. The fourth-order valence-electron chi connectivity index (χ4n) is 2.30. The van der Waals surface area contributed by atoms with E-state index in [0.29, 0.717) is 13.2 Å². The fourth-order valence-corrected chi connectivity index (χ4v) is 2.30. The van der Waals surface area contributed by atoms with E-state index in [0.717, 1.165) is 18.7 Å². The van der Waals surface area contributed by atoms with Crippen LogP contribution in [0, 0.1) is 0 Å². The smallest absolute Gasteiger partial charge is 0.253 e. The Bertz CT molecular complexity index is 431. The number of aromatic nitrogens is 2. The van der Waals surface area contributed by atoms with E-state index < -0.39 is 5.60 Å². The Balaban J connectivity index is 2.00. The molecule has 0 saturated carbocycles. The zero-order chi connectivity index (χ0) is 13.2. The van der Waals surface area contributed by atoms with Crippen molar-refractivity contribution in [3.63, 3.8) is 0 Å². The third-order valence-corrected chi connectivity index (χ3v) is 3.23. The lowest BCUT2D eigenvalue weighted by atomic mass is 10.0. The van der Waals surface area contributed by atoms with Crippen LogP contribution in [0.25, 0.3) is 0 Å². The van der Waals surface area contributed by atoms with Gasteiger partial charge in [-0.15, -0.1) is 0 Å².